The number of anilines is 2. The summed E-state index contributed by atoms with van der Waals surface area (Å²) >= 11 is 0. The van der Waals surface area contributed by atoms with E-state index in [0.717, 1.165) is 18.5 Å². The normalized spacial score (nSPS) is 12.5. The minimum absolute atomic E-state index is 0.0852. The molecule has 0 saturated carbocycles. The molecule has 0 saturated heterocycles. The van der Waals surface area contributed by atoms with Gasteiger partial charge < -0.3 is 20.5 Å². The van der Waals surface area contributed by atoms with E-state index in [4.69, 9.17) is 15.2 Å². The maximum Gasteiger partial charge on any atom is 0.161 e. The van der Waals surface area contributed by atoms with Crippen molar-refractivity contribution in [2.75, 3.05) is 36.8 Å². The molecular formula is C17H22FN3O4S. The van der Waals surface area contributed by atoms with Gasteiger partial charge in [-0.05, 0) is 24.6 Å². The summed E-state index contributed by atoms with van der Waals surface area (Å²) in [6.07, 6.45) is 2.14. The second-order valence-corrected chi connectivity index (χ2v) is 7.91. The molecule has 1 atom stereocenters. The monoisotopic (exact) mass is 383 g/mol. The summed E-state index contributed by atoms with van der Waals surface area (Å²) in [5, 5.41) is 2.98. The molecule has 0 spiro atoms. The lowest BCUT2D eigenvalue weighted by Crippen LogP contribution is -2.22. The number of pyridine rings is 1. The van der Waals surface area contributed by atoms with E-state index in [1.807, 2.05) is 6.92 Å². The average molecular weight is 383 g/mol. The highest BCUT2D eigenvalue weighted by Crippen LogP contribution is 2.32. The molecule has 7 nitrogen and oxygen atoms in total. The van der Waals surface area contributed by atoms with Crippen LogP contribution < -0.4 is 20.5 Å². The highest BCUT2D eigenvalue weighted by molar-refractivity contribution is 7.90. The molecule has 1 aromatic heterocycles. The molecule has 9 heteroatoms. The van der Waals surface area contributed by atoms with Crippen LogP contribution in [0.4, 0.5) is 15.9 Å². The van der Waals surface area contributed by atoms with Gasteiger partial charge >= 0.3 is 0 Å². The number of nitrogens with zero attached hydrogens (tertiary/aromatic N) is 1. The number of ether oxygens (including phenoxy) is 2. The molecule has 0 radical (unpaired) electrons. The zero-order valence-corrected chi connectivity index (χ0v) is 15.6. The van der Waals surface area contributed by atoms with E-state index >= 15 is 0 Å². The van der Waals surface area contributed by atoms with Crippen LogP contribution in [0.5, 0.6) is 11.5 Å². The number of hydrogen-bond acceptors (Lipinski definition) is 7. The lowest BCUT2D eigenvalue weighted by Gasteiger charge is -2.21. The summed E-state index contributed by atoms with van der Waals surface area (Å²) < 4.78 is 47.7. The van der Waals surface area contributed by atoms with Crippen LogP contribution in [-0.2, 0) is 9.84 Å². The number of hydrogen-bond donors (Lipinski definition) is 2. The lowest BCUT2D eigenvalue weighted by molar-refractivity contribution is 0.310. The van der Waals surface area contributed by atoms with Gasteiger partial charge in [0.15, 0.2) is 11.5 Å². The predicted molar refractivity (Wildman–Crippen MR) is 98.8 cm³/mol. The van der Waals surface area contributed by atoms with Gasteiger partial charge in [-0.1, -0.05) is 6.07 Å². The summed E-state index contributed by atoms with van der Waals surface area (Å²) in [5.41, 5.74) is 6.50. The molecule has 0 bridgehead atoms. The van der Waals surface area contributed by atoms with Crippen LogP contribution >= 0.6 is 0 Å². The minimum Gasteiger partial charge on any atom is -0.493 e. The standard InChI is InChI=1S/C17H22FN3O4S/c1-4-25-16-7-11(5-6-15(16)24-2)14(10-26(3,22)23)21-17-13(19)8-12(18)9-20-17/h5-9,14H,4,10,19H2,1-3H3,(H,20,21)/t14-/m1/s1. The van der Waals surface area contributed by atoms with Crippen LogP contribution in [0.3, 0.4) is 0 Å². The first-order valence-corrected chi connectivity index (χ1v) is 9.95. The van der Waals surface area contributed by atoms with Crippen molar-refractivity contribution in [3.8, 4) is 11.5 Å². The number of benzene rings is 1. The summed E-state index contributed by atoms with van der Waals surface area (Å²) in [6.45, 7) is 2.26. The zero-order chi connectivity index (χ0) is 19.3. The van der Waals surface area contributed by atoms with Gasteiger partial charge in [0, 0.05) is 12.3 Å². The van der Waals surface area contributed by atoms with E-state index in [0.29, 0.717) is 23.7 Å². The van der Waals surface area contributed by atoms with Crippen LogP contribution in [-0.4, -0.2) is 39.1 Å². The SMILES string of the molecule is CCOc1cc([C@@H](CS(C)(=O)=O)Nc2ncc(F)cc2N)ccc1OC. The van der Waals surface area contributed by atoms with E-state index < -0.39 is 21.7 Å². The third-order valence-corrected chi connectivity index (χ3v) is 4.49. The molecule has 142 valence electrons. The fourth-order valence-electron chi connectivity index (χ4n) is 2.44. The first-order valence-electron chi connectivity index (χ1n) is 7.89. The van der Waals surface area contributed by atoms with Gasteiger partial charge in [0.2, 0.25) is 0 Å². The van der Waals surface area contributed by atoms with E-state index in [-0.39, 0.29) is 17.3 Å². The second kappa shape index (κ2) is 8.22. The number of nitrogens with one attached hydrogen (secondary N) is 1. The highest BCUT2D eigenvalue weighted by Gasteiger charge is 2.21. The number of methoxy groups -OCH3 is 1. The van der Waals surface area contributed by atoms with Gasteiger partial charge in [-0.15, -0.1) is 0 Å². The second-order valence-electron chi connectivity index (χ2n) is 5.72. The fraction of sp³-hybridized carbons (Fsp3) is 0.353. The van der Waals surface area contributed by atoms with Gasteiger partial charge in [-0.25, -0.2) is 17.8 Å². The third kappa shape index (κ3) is 5.22. The number of sulfone groups is 1. The maximum absolute atomic E-state index is 13.2. The largest absolute Gasteiger partial charge is 0.493 e. The summed E-state index contributed by atoms with van der Waals surface area (Å²) in [4.78, 5) is 3.90. The Hall–Kier alpha value is -2.55. The van der Waals surface area contributed by atoms with Crippen molar-refractivity contribution in [3.63, 3.8) is 0 Å². The van der Waals surface area contributed by atoms with E-state index in [1.54, 1.807) is 18.2 Å². The molecule has 0 aliphatic heterocycles. The topological polar surface area (TPSA) is 104 Å². The summed E-state index contributed by atoms with van der Waals surface area (Å²) in [6, 6.07) is 5.58. The van der Waals surface area contributed by atoms with Gasteiger partial charge in [0.05, 0.1) is 37.4 Å². The average Bonchev–Trinajstić information content (AvgIpc) is 2.55. The minimum atomic E-state index is -3.33. The molecule has 2 rings (SSSR count). The van der Waals surface area contributed by atoms with Crippen LogP contribution in [0.1, 0.15) is 18.5 Å². The van der Waals surface area contributed by atoms with E-state index in [2.05, 4.69) is 10.3 Å². The molecule has 0 aliphatic rings. The van der Waals surface area contributed by atoms with Crippen LogP contribution in [0, 0.1) is 5.82 Å². The summed E-state index contributed by atoms with van der Waals surface area (Å²) in [5.74, 6) is 0.453. The molecule has 0 fully saturated rings. The van der Waals surface area contributed by atoms with E-state index in [1.165, 1.54) is 7.11 Å². The Morgan fingerprint density at radius 2 is 2.04 bits per heavy atom. The van der Waals surface area contributed by atoms with Crippen molar-refractivity contribution in [1.82, 2.24) is 4.98 Å². The molecule has 1 heterocycles. The van der Waals surface area contributed by atoms with Crippen LogP contribution in [0.25, 0.3) is 0 Å². The van der Waals surface area contributed by atoms with Crippen molar-refractivity contribution in [3.05, 3.63) is 41.8 Å². The van der Waals surface area contributed by atoms with Gasteiger partial charge in [0.25, 0.3) is 0 Å². The Bertz CT molecular complexity index is 874. The van der Waals surface area contributed by atoms with Crippen molar-refractivity contribution >= 4 is 21.3 Å². The molecular weight excluding hydrogens is 361 g/mol. The first kappa shape index (κ1) is 19.8. The van der Waals surface area contributed by atoms with Crippen molar-refractivity contribution < 1.29 is 22.3 Å². The molecule has 2 aromatic rings. The Morgan fingerprint density at radius 1 is 1.31 bits per heavy atom. The van der Waals surface area contributed by atoms with Crippen molar-refractivity contribution in [2.45, 2.75) is 13.0 Å². The zero-order valence-electron chi connectivity index (χ0n) is 14.8. The predicted octanol–water partition coefficient (Wildman–Crippen LogP) is 2.41. The molecule has 0 unspecified atom stereocenters. The molecule has 3 N–H and O–H groups in total. The van der Waals surface area contributed by atoms with Gasteiger partial charge in [-0.2, -0.15) is 0 Å². The molecule has 26 heavy (non-hydrogen) atoms. The molecule has 0 aliphatic carbocycles. The number of nitrogens with two attached hydrogens (primary N) is 1. The Balaban J connectivity index is 2.42. The quantitative estimate of drug-likeness (QED) is 0.721. The van der Waals surface area contributed by atoms with Gasteiger partial charge in [0.1, 0.15) is 21.5 Å². The van der Waals surface area contributed by atoms with Gasteiger partial charge in [-0.3, -0.25) is 0 Å². The number of rotatable bonds is 8. The lowest BCUT2D eigenvalue weighted by atomic mass is 10.1. The van der Waals surface area contributed by atoms with Crippen molar-refractivity contribution in [1.29, 1.82) is 0 Å². The van der Waals surface area contributed by atoms with Crippen LogP contribution in [0.2, 0.25) is 0 Å². The van der Waals surface area contributed by atoms with Crippen LogP contribution in [0.15, 0.2) is 30.5 Å². The van der Waals surface area contributed by atoms with Crippen molar-refractivity contribution in [2.24, 2.45) is 0 Å². The Labute approximate surface area is 152 Å². The molecule has 0 amide bonds. The number of nitrogen functional groups attached to an aromatic ring is 1. The molecule has 1 aromatic carbocycles. The fourth-order valence-corrected chi connectivity index (χ4v) is 3.32. The maximum atomic E-state index is 13.2. The third-order valence-electron chi connectivity index (χ3n) is 3.55. The Kier molecular flexibility index (Phi) is 6.25. The highest BCUT2D eigenvalue weighted by atomic mass is 32.2. The first-order chi connectivity index (χ1) is 12.2. The number of aromatic nitrogens is 1. The Morgan fingerprint density at radius 3 is 2.62 bits per heavy atom. The number of halogens is 1. The summed E-state index contributed by atoms with van der Waals surface area (Å²) in [7, 11) is -1.81. The smallest absolute Gasteiger partial charge is 0.161 e. The van der Waals surface area contributed by atoms with E-state index in [9.17, 15) is 12.8 Å².